The Kier molecular flexibility index (Phi) is 5.43. The van der Waals surface area contributed by atoms with Gasteiger partial charge in [0.25, 0.3) is 11.8 Å². The fraction of sp³-hybridized carbons (Fsp3) is 0.238. The van der Waals surface area contributed by atoms with Gasteiger partial charge in [0.15, 0.2) is 0 Å². The van der Waals surface area contributed by atoms with Gasteiger partial charge in [0, 0.05) is 5.69 Å². The van der Waals surface area contributed by atoms with Crippen LogP contribution in [0, 0.1) is 6.92 Å². The number of imide groups is 1. The molecule has 1 aliphatic heterocycles. The molecule has 0 saturated carbocycles. The van der Waals surface area contributed by atoms with Gasteiger partial charge in [0.1, 0.15) is 10.7 Å². The van der Waals surface area contributed by atoms with Crippen molar-refractivity contribution in [3.05, 3.63) is 70.4 Å². The summed E-state index contributed by atoms with van der Waals surface area (Å²) in [7, 11) is 0. The van der Waals surface area contributed by atoms with Gasteiger partial charge in [-0.15, -0.1) is 0 Å². The third kappa shape index (κ3) is 3.65. The predicted octanol–water partition coefficient (Wildman–Crippen LogP) is 4.77. The minimum Gasteiger partial charge on any atom is -0.350 e. The highest BCUT2D eigenvalue weighted by molar-refractivity contribution is 6.53. The number of benzene rings is 2. The maximum atomic E-state index is 12.8. The third-order valence-electron chi connectivity index (χ3n) is 4.36. The number of rotatable bonds is 6. The van der Waals surface area contributed by atoms with E-state index in [9.17, 15) is 9.59 Å². The van der Waals surface area contributed by atoms with E-state index in [0.717, 1.165) is 29.7 Å². The second-order valence-corrected chi connectivity index (χ2v) is 6.77. The largest absolute Gasteiger partial charge is 0.350 e. The molecule has 1 heterocycles. The monoisotopic (exact) mass is 368 g/mol. The average molecular weight is 369 g/mol. The first-order chi connectivity index (χ1) is 12.5. The zero-order chi connectivity index (χ0) is 18.7. The molecule has 0 unspecified atom stereocenters. The summed E-state index contributed by atoms with van der Waals surface area (Å²) >= 11 is 6.15. The van der Waals surface area contributed by atoms with Crippen molar-refractivity contribution in [1.82, 2.24) is 0 Å². The molecule has 5 heteroatoms. The van der Waals surface area contributed by atoms with Gasteiger partial charge < -0.3 is 5.32 Å². The molecule has 26 heavy (non-hydrogen) atoms. The molecule has 1 aliphatic rings. The molecule has 2 aromatic carbocycles. The third-order valence-corrected chi connectivity index (χ3v) is 4.71. The zero-order valence-corrected chi connectivity index (χ0v) is 15.6. The highest BCUT2D eigenvalue weighted by Crippen LogP contribution is 2.30. The fourth-order valence-corrected chi connectivity index (χ4v) is 3.03. The first-order valence-electron chi connectivity index (χ1n) is 8.72. The van der Waals surface area contributed by atoms with Crippen LogP contribution in [0.15, 0.2) is 59.3 Å². The summed E-state index contributed by atoms with van der Waals surface area (Å²) in [4.78, 5) is 26.4. The number of anilines is 2. The van der Waals surface area contributed by atoms with E-state index in [2.05, 4.69) is 12.2 Å². The van der Waals surface area contributed by atoms with Crippen LogP contribution in [0.5, 0.6) is 0 Å². The number of hydrogen-bond donors (Lipinski definition) is 1. The Hall–Kier alpha value is -2.59. The minimum atomic E-state index is -0.507. The van der Waals surface area contributed by atoms with Crippen LogP contribution >= 0.6 is 11.6 Å². The molecule has 4 nitrogen and oxygen atoms in total. The summed E-state index contributed by atoms with van der Waals surface area (Å²) in [6.07, 6.45) is 3.22. The highest BCUT2D eigenvalue weighted by Gasteiger charge is 2.38. The zero-order valence-electron chi connectivity index (χ0n) is 14.9. The molecule has 0 saturated heterocycles. The Balaban J connectivity index is 1.80. The molecule has 0 atom stereocenters. The Morgan fingerprint density at radius 1 is 0.962 bits per heavy atom. The summed E-state index contributed by atoms with van der Waals surface area (Å²) in [6.45, 7) is 4.12. The van der Waals surface area contributed by atoms with Crippen molar-refractivity contribution in [3.8, 4) is 0 Å². The molecule has 3 rings (SSSR count). The maximum absolute atomic E-state index is 12.8. The summed E-state index contributed by atoms with van der Waals surface area (Å²) in [5.41, 5.74) is 3.64. The first kappa shape index (κ1) is 18.2. The van der Waals surface area contributed by atoms with Crippen LogP contribution in [0.2, 0.25) is 0 Å². The van der Waals surface area contributed by atoms with Crippen LogP contribution in [0.3, 0.4) is 0 Å². The molecule has 0 bridgehead atoms. The van der Waals surface area contributed by atoms with Crippen LogP contribution in [0.4, 0.5) is 11.4 Å². The van der Waals surface area contributed by atoms with Crippen molar-refractivity contribution >= 4 is 34.8 Å². The SMILES string of the molecule is CCCCc1ccc(N2C(=O)C(Cl)=C(Nc3ccc(C)cc3)C2=O)cc1. The van der Waals surface area contributed by atoms with E-state index in [4.69, 9.17) is 11.6 Å². The van der Waals surface area contributed by atoms with Gasteiger partial charge >= 0.3 is 0 Å². The molecule has 0 aliphatic carbocycles. The van der Waals surface area contributed by atoms with E-state index < -0.39 is 11.8 Å². The minimum absolute atomic E-state index is 0.0920. The van der Waals surface area contributed by atoms with Crippen LogP contribution in [-0.2, 0) is 16.0 Å². The smallest absolute Gasteiger partial charge is 0.283 e. The van der Waals surface area contributed by atoms with Crippen molar-refractivity contribution in [1.29, 1.82) is 0 Å². The van der Waals surface area contributed by atoms with Crippen molar-refractivity contribution in [2.75, 3.05) is 10.2 Å². The molecule has 0 fully saturated rings. The predicted molar refractivity (Wildman–Crippen MR) is 105 cm³/mol. The lowest BCUT2D eigenvalue weighted by atomic mass is 10.1. The lowest BCUT2D eigenvalue weighted by Crippen LogP contribution is -2.32. The number of unbranched alkanes of at least 4 members (excludes halogenated alkanes) is 1. The highest BCUT2D eigenvalue weighted by atomic mass is 35.5. The molecule has 0 spiro atoms. The molecular formula is C21H21ClN2O2. The van der Waals surface area contributed by atoms with Crippen LogP contribution < -0.4 is 10.2 Å². The Morgan fingerprint density at radius 3 is 2.23 bits per heavy atom. The number of halogens is 1. The molecular weight excluding hydrogens is 348 g/mol. The second kappa shape index (κ2) is 7.75. The van der Waals surface area contributed by atoms with Gasteiger partial charge in [-0.3, -0.25) is 9.59 Å². The number of carbonyl (C=O) groups excluding carboxylic acids is 2. The van der Waals surface area contributed by atoms with E-state index in [1.165, 1.54) is 5.56 Å². The van der Waals surface area contributed by atoms with Gasteiger partial charge in [-0.2, -0.15) is 0 Å². The van der Waals surface area contributed by atoms with Gasteiger partial charge in [0.05, 0.1) is 5.69 Å². The molecule has 2 aromatic rings. The van der Waals surface area contributed by atoms with Crippen LogP contribution in [0.1, 0.15) is 30.9 Å². The number of amides is 2. The summed E-state index contributed by atoms with van der Waals surface area (Å²) in [5.74, 6) is -0.950. The normalized spacial score (nSPS) is 14.3. The van der Waals surface area contributed by atoms with Crippen molar-refractivity contribution < 1.29 is 9.59 Å². The van der Waals surface area contributed by atoms with Gasteiger partial charge in [-0.05, 0) is 49.6 Å². The van der Waals surface area contributed by atoms with Crippen molar-refractivity contribution in [2.24, 2.45) is 0 Å². The lowest BCUT2D eigenvalue weighted by Gasteiger charge is -2.15. The van der Waals surface area contributed by atoms with E-state index in [-0.39, 0.29) is 10.7 Å². The van der Waals surface area contributed by atoms with Gasteiger partial charge in [-0.25, -0.2) is 4.90 Å². The van der Waals surface area contributed by atoms with Crippen molar-refractivity contribution in [2.45, 2.75) is 33.1 Å². The van der Waals surface area contributed by atoms with Gasteiger partial charge in [-0.1, -0.05) is 54.8 Å². The van der Waals surface area contributed by atoms with E-state index in [0.29, 0.717) is 11.4 Å². The maximum Gasteiger partial charge on any atom is 0.283 e. The molecule has 0 aromatic heterocycles. The van der Waals surface area contributed by atoms with E-state index >= 15 is 0 Å². The first-order valence-corrected chi connectivity index (χ1v) is 9.10. The Labute approximate surface area is 158 Å². The van der Waals surface area contributed by atoms with Crippen LogP contribution in [0.25, 0.3) is 0 Å². The Morgan fingerprint density at radius 2 is 1.62 bits per heavy atom. The number of carbonyl (C=O) groups is 2. The van der Waals surface area contributed by atoms with Crippen LogP contribution in [-0.4, -0.2) is 11.8 Å². The number of aryl methyl sites for hydroxylation is 2. The number of hydrogen-bond acceptors (Lipinski definition) is 3. The molecule has 134 valence electrons. The quantitative estimate of drug-likeness (QED) is 0.747. The summed E-state index contributed by atoms with van der Waals surface area (Å²) < 4.78 is 0. The average Bonchev–Trinajstić information content (AvgIpc) is 2.86. The van der Waals surface area contributed by atoms with E-state index in [1.54, 1.807) is 12.1 Å². The molecule has 1 N–H and O–H groups in total. The van der Waals surface area contributed by atoms with Crippen molar-refractivity contribution in [3.63, 3.8) is 0 Å². The number of nitrogens with zero attached hydrogens (tertiary/aromatic N) is 1. The standard InChI is InChI=1S/C21H21ClN2O2/c1-3-4-5-15-8-12-17(13-9-15)24-20(25)18(22)19(21(24)26)23-16-10-6-14(2)7-11-16/h6-13,23H,3-5H2,1-2H3. The topological polar surface area (TPSA) is 49.4 Å². The molecule has 2 amide bonds. The van der Waals surface area contributed by atoms with E-state index in [1.807, 2.05) is 43.3 Å². The summed E-state index contributed by atoms with van der Waals surface area (Å²) in [6, 6.07) is 15.0. The Bertz CT molecular complexity index is 855. The molecule has 0 radical (unpaired) electrons. The lowest BCUT2D eigenvalue weighted by molar-refractivity contribution is -0.120. The fourth-order valence-electron chi connectivity index (χ4n) is 2.82. The number of nitrogens with one attached hydrogen (secondary N) is 1. The second-order valence-electron chi connectivity index (χ2n) is 6.40. The summed E-state index contributed by atoms with van der Waals surface area (Å²) in [5, 5.41) is 2.88. The van der Waals surface area contributed by atoms with Gasteiger partial charge in [0.2, 0.25) is 0 Å².